The number of hydrogen-bond donors (Lipinski definition) is 10. The van der Waals surface area contributed by atoms with Crippen molar-refractivity contribution in [1.29, 1.82) is 0 Å². The number of oxazole rings is 1. The number of rotatable bonds is 33. The summed E-state index contributed by atoms with van der Waals surface area (Å²) in [4.78, 5) is 68.3. The summed E-state index contributed by atoms with van der Waals surface area (Å²) in [7, 11) is -17.1. The summed E-state index contributed by atoms with van der Waals surface area (Å²) in [6, 6.07) is 64.9. The smallest absolute Gasteiger partial charge is 0.255 e. The average Bonchev–Trinajstić information content (AvgIpc) is 1.66. The molecule has 15 rings (SSSR count). The summed E-state index contributed by atoms with van der Waals surface area (Å²) in [6.45, 7) is 34.0. The number of ether oxygens (including phenoxy) is 2. The molecule has 0 spiro atoms. The number of carbonyl (C=O) groups is 5. The van der Waals surface area contributed by atoms with Crippen molar-refractivity contribution in [2.75, 3.05) is 50.2 Å². The molecule has 0 saturated heterocycles. The predicted octanol–water partition coefficient (Wildman–Crippen LogP) is 24.6. The molecule has 2 saturated carbocycles. The summed E-state index contributed by atoms with van der Waals surface area (Å²) in [5, 5.41) is 13.9. The van der Waals surface area contributed by atoms with Crippen molar-refractivity contribution in [2.45, 2.75) is 215 Å². The number of sulfonamides is 5. The zero-order chi connectivity index (χ0) is 107. The topological polar surface area (TPSA) is 434 Å². The largest absolute Gasteiger partial charge is 0.490 e. The Morgan fingerprint density at radius 2 is 0.755 bits per heavy atom. The first kappa shape index (κ1) is 113. The van der Waals surface area contributed by atoms with Crippen molar-refractivity contribution in [3.8, 4) is 44.7 Å². The quantitative estimate of drug-likeness (QED) is 0.0183. The van der Waals surface area contributed by atoms with E-state index in [2.05, 4.69) is 100 Å². The lowest BCUT2D eigenvalue weighted by Gasteiger charge is -2.20. The number of benzene rings is 10. The van der Waals surface area contributed by atoms with Crippen LogP contribution in [0.3, 0.4) is 0 Å². The van der Waals surface area contributed by atoms with Crippen molar-refractivity contribution in [3.05, 3.63) is 315 Å². The highest BCUT2D eigenvalue weighted by atomic mass is 32.2. The fourth-order valence-electron chi connectivity index (χ4n) is 15.0. The summed E-state index contributed by atoms with van der Waals surface area (Å²) < 4.78 is 155. The van der Waals surface area contributed by atoms with Crippen LogP contribution in [-0.4, -0.2) is 115 Å². The minimum atomic E-state index is -3.45. The molecule has 3 heterocycles. The molecule has 0 radical (unpaired) electrons. The number of amides is 5. The van der Waals surface area contributed by atoms with Gasteiger partial charge in [-0.15, -0.1) is 11.3 Å². The molecule has 13 aromatic rings. The van der Waals surface area contributed by atoms with Crippen LogP contribution in [0, 0.1) is 53.4 Å². The van der Waals surface area contributed by atoms with E-state index in [4.69, 9.17) is 18.3 Å². The van der Waals surface area contributed by atoms with Gasteiger partial charge in [-0.25, -0.2) is 47.1 Å². The second-order valence-corrected chi connectivity index (χ2v) is 49.8. The molecule has 3 unspecified atom stereocenters. The van der Waals surface area contributed by atoms with E-state index in [1.54, 1.807) is 222 Å². The molecule has 780 valence electrons. The number of thiophene rings is 1. The van der Waals surface area contributed by atoms with E-state index in [1.807, 2.05) is 118 Å². The van der Waals surface area contributed by atoms with Crippen LogP contribution in [0.25, 0.3) is 33.2 Å². The molecular weight excluding hydrogens is 1980 g/mol. The van der Waals surface area contributed by atoms with E-state index < -0.39 is 76.4 Å². The number of furan rings is 1. The molecule has 147 heavy (non-hydrogen) atoms. The van der Waals surface area contributed by atoms with Gasteiger partial charge in [-0.2, -0.15) is 0 Å². The van der Waals surface area contributed by atoms with Gasteiger partial charge < -0.3 is 44.9 Å². The van der Waals surface area contributed by atoms with Crippen LogP contribution in [0.15, 0.2) is 257 Å². The SMILES string of the molecule is CC1CCC(Oc2ccc(NC(=O)c3ccc(NS(=O)(=O)C(C)C)cc3)cc2)C1C.CCc1cc(NC(=O)c2ccc(NS(=O)(=O)C(C)C)cc2)ccc1OC1CCCC1.Cc1cc(-c2ccco2)ccc1NC(=O)c1ccc(NS(=O)(=O)C(C)C)c(C)c1.Cc1cc(-c2ncco2)ccc1NC(=O)c1ccc(NS(=O)(=O)C(C)C)c(C)c1.Cc1csc(-c2ccc(NC(=O)c3ccc(NS(=O)(=O)C(C)C)cc3)c(C)c2)c1. The van der Waals surface area contributed by atoms with Gasteiger partial charge in [-0.3, -0.25) is 47.6 Å². The van der Waals surface area contributed by atoms with Gasteiger partial charge in [0.1, 0.15) is 29.6 Å². The fraction of sp³-hybridized carbons (Fsp3) is 0.315. The molecule has 0 bridgehead atoms. The zero-order valence-corrected chi connectivity index (χ0v) is 90.9. The second-order valence-electron chi connectivity index (χ2n) is 37.7. The number of aryl methyl sites for hydroxylation is 7. The van der Waals surface area contributed by atoms with E-state index in [-0.39, 0.29) is 35.6 Å². The van der Waals surface area contributed by atoms with Gasteiger partial charge in [-0.1, -0.05) is 26.8 Å². The number of carbonyl (C=O) groups excluding carboxylic acids is 5. The highest BCUT2D eigenvalue weighted by Gasteiger charge is 2.32. The maximum Gasteiger partial charge on any atom is 0.255 e. The molecule has 10 aromatic carbocycles. The summed E-state index contributed by atoms with van der Waals surface area (Å²) in [5.74, 6) is 2.90. The molecular formula is C111H131N11O19S6. The lowest BCUT2D eigenvalue weighted by molar-refractivity contribution is 0.101. The van der Waals surface area contributed by atoms with Crippen LogP contribution >= 0.6 is 11.3 Å². The van der Waals surface area contributed by atoms with Gasteiger partial charge in [-0.05, 0) is 436 Å². The van der Waals surface area contributed by atoms with Gasteiger partial charge in [0.25, 0.3) is 29.5 Å². The molecule has 30 nitrogen and oxygen atoms in total. The Bertz CT molecular complexity index is 7200. The van der Waals surface area contributed by atoms with E-state index in [0.717, 1.165) is 87.6 Å². The molecule has 2 aliphatic carbocycles. The van der Waals surface area contributed by atoms with Crippen molar-refractivity contribution >= 4 is 148 Å². The lowest BCUT2D eigenvalue weighted by Crippen LogP contribution is -2.23. The Morgan fingerprint density at radius 3 is 1.14 bits per heavy atom. The monoisotopic (exact) mass is 2110 g/mol. The Kier molecular flexibility index (Phi) is 38.9. The summed E-state index contributed by atoms with van der Waals surface area (Å²) in [5.41, 5.74) is 17.2. The van der Waals surface area contributed by atoms with E-state index in [0.29, 0.717) is 114 Å². The van der Waals surface area contributed by atoms with Crippen molar-refractivity contribution in [3.63, 3.8) is 0 Å². The Balaban J connectivity index is 0.000000175. The van der Waals surface area contributed by atoms with Crippen LogP contribution in [0.1, 0.15) is 219 Å². The number of nitrogens with zero attached hydrogens (tertiary/aromatic N) is 1. The Labute approximate surface area is 868 Å². The van der Waals surface area contributed by atoms with Crippen molar-refractivity contribution in [2.24, 2.45) is 11.8 Å². The number of aromatic nitrogens is 1. The fourth-order valence-corrected chi connectivity index (χ4v) is 19.6. The first-order valence-corrected chi connectivity index (χ1v) is 57.1. The van der Waals surface area contributed by atoms with E-state index >= 15 is 0 Å². The standard InChI is InChI=1S/2C23H30N2O4S.C22H24N2O4S.C22H24N2O3S2.C21H23N3O4S/c1-15(2)30(27,28)25-20-8-6-18(7-9-20)23(26)24-19-10-12-21(13-11-19)29-22-14-5-16(3)17(22)4;1-4-17-15-20(13-14-22(17)29-21-7-5-6-8-21)24-23(26)18-9-11-19(12-10-18)25-30(27,28)16(2)3;1-14(2)29(26,27)24-20-10-8-18(13-16(20)4)22(25)23-19-9-7-17(12-15(19)3)21-6-5-11-28-21;1-14(2)29(26,27)24-19-8-5-17(6-9-19)22(25)23-20-10-7-18(12-16(20)4)21-11-15(3)13-28-21;1-13(2)29(26,27)24-19-8-5-16(11-15(19)4)20(25)23-18-7-6-17(12-14(18)3)21-22-9-10-28-21/h6-13,15-17,22,25H,5,14H2,1-4H3,(H,24,26);9-16,21,25H,4-8H2,1-3H3,(H,24,26);2*5-14,24H,1-4H3,(H,23,25);5-13,24H,1-4H3,(H,23,25). The number of anilines is 10. The van der Waals surface area contributed by atoms with E-state index in [1.165, 1.54) is 36.0 Å². The van der Waals surface area contributed by atoms with Crippen LogP contribution in [0.2, 0.25) is 0 Å². The molecule has 2 fully saturated rings. The number of nitrogens with one attached hydrogen (secondary N) is 10. The summed E-state index contributed by atoms with van der Waals surface area (Å²) in [6.07, 6.45) is 13.0. The minimum Gasteiger partial charge on any atom is -0.490 e. The van der Waals surface area contributed by atoms with Crippen molar-refractivity contribution in [1.82, 2.24) is 4.98 Å². The molecule has 2 aliphatic rings. The third-order valence-electron chi connectivity index (χ3n) is 24.8. The number of hydrogen-bond acceptors (Lipinski definition) is 21. The van der Waals surface area contributed by atoms with Gasteiger partial charge >= 0.3 is 0 Å². The van der Waals surface area contributed by atoms with Gasteiger partial charge in [0, 0.05) is 89.3 Å². The lowest BCUT2D eigenvalue weighted by atomic mass is 9.99. The molecule has 3 atom stereocenters. The highest BCUT2D eigenvalue weighted by Crippen LogP contribution is 2.38. The maximum absolute atomic E-state index is 12.7. The third kappa shape index (κ3) is 32.1. The maximum atomic E-state index is 12.7. The second kappa shape index (κ2) is 50.5. The zero-order valence-electron chi connectivity index (χ0n) is 86.0. The molecule has 10 N–H and O–H groups in total. The van der Waals surface area contributed by atoms with Gasteiger partial charge in [0.05, 0.1) is 56.2 Å². The molecule has 5 amide bonds. The van der Waals surface area contributed by atoms with Crippen LogP contribution in [-0.2, 0) is 56.5 Å². The van der Waals surface area contributed by atoms with Crippen LogP contribution in [0.5, 0.6) is 11.5 Å². The Hall–Kier alpha value is -13.9. The molecule has 0 aliphatic heterocycles. The minimum absolute atomic E-state index is 0.243. The first-order valence-electron chi connectivity index (χ1n) is 48.5. The van der Waals surface area contributed by atoms with Crippen LogP contribution < -0.4 is 59.7 Å². The van der Waals surface area contributed by atoms with Gasteiger partial charge in [0.2, 0.25) is 56.0 Å². The summed E-state index contributed by atoms with van der Waals surface area (Å²) >= 11 is 1.70. The average molecular weight is 2120 g/mol. The Morgan fingerprint density at radius 1 is 0.374 bits per heavy atom. The predicted molar refractivity (Wildman–Crippen MR) is 592 cm³/mol. The van der Waals surface area contributed by atoms with Gasteiger partial charge in [0.15, 0.2) is 0 Å². The molecule has 3 aromatic heterocycles. The van der Waals surface area contributed by atoms with Crippen molar-refractivity contribution < 1.29 is 84.4 Å². The third-order valence-corrected chi connectivity index (χ3v) is 34.7. The van der Waals surface area contributed by atoms with Crippen LogP contribution in [0.4, 0.5) is 56.9 Å². The highest BCUT2D eigenvalue weighted by molar-refractivity contribution is 7.94. The first-order chi connectivity index (χ1) is 69.4. The molecule has 36 heteroatoms. The van der Waals surface area contributed by atoms with E-state index in [9.17, 15) is 66.1 Å². The normalized spacial score (nSPS) is 14.2.